The average molecular weight is 439 g/mol. The van der Waals surface area contributed by atoms with Crippen LogP contribution in [0.15, 0.2) is 48.5 Å². The van der Waals surface area contributed by atoms with Gasteiger partial charge in [-0.2, -0.15) is 0 Å². The van der Waals surface area contributed by atoms with E-state index in [1.165, 1.54) is 18.7 Å². The van der Waals surface area contributed by atoms with E-state index in [1.807, 2.05) is 30.3 Å². The Bertz CT molecular complexity index is 920. The van der Waals surface area contributed by atoms with Gasteiger partial charge in [-0.3, -0.25) is 9.10 Å². The fourth-order valence-electron chi connectivity index (χ4n) is 3.12. The second-order valence-electron chi connectivity index (χ2n) is 6.68. The number of nitrogens with zero attached hydrogens (tertiary/aromatic N) is 1. The van der Waals surface area contributed by atoms with E-state index in [9.17, 15) is 13.2 Å². The molecule has 0 radical (unpaired) electrons. The summed E-state index contributed by atoms with van der Waals surface area (Å²) >= 11 is 6.16. The van der Waals surface area contributed by atoms with Gasteiger partial charge < -0.3 is 10.1 Å². The topological polar surface area (TPSA) is 75.7 Å². The minimum atomic E-state index is -3.71. The van der Waals surface area contributed by atoms with Gasteiger partial charge in [-0.1, -0.05) is 48.9 Å². The summed E-state index contributed by atoms with van der Waals surface area (Å²) in [6.45, 7) is 2.24. The lowest BCUT2D eigenvalue weighted by atomic mass is 10.1. The molecule has 0 bridgehead atoms. The summed E-state index contributed by atoms with van der Waals surface area (Å²) in [5.41, 5.74) is 1.52. The lowest BCUT2D eigenvalue weighted by Crippen LogP contribution is -2.49. The van der Waals surface area contributed by atoms with Crippen molar-refractivity contribution in [3.8, 4) is 5.75 Å². The number of aryl methyl sites for hydroxylation is 1. The Kier molecular flexibility index (Phi) is 8.34. The average Bonchev–Trinajstić information content (AvgIpc) is 2.69. The molecule has 1 amide bonds. The number of hydrogen-bond donors (Lipinski definition) is 1. The molecule has 0 fully saturated rings. The predicted octanol–water partition coefficient (Wildman–Crippen LogP) is 3.64. The molecule has 1 N–H and O–H groups in total. The molecule has 158 valence electrons. The summed E-state index contributed by atoms with van der Waals surface area (Å²) < 4.78 is 31.2. The van der Waals surface area contributed by atoms with Gasteiger partial charge >= 0.3 is 0 Å². The highest BCUT2D eigenvalue weighted by Crippen LogP contribution is 2.31. The van der Waals surface area contributed by atoms with E-state index < -0.39 is 16.1 Å². The number of amides is 1. The molecule has 0 unspecified atom stereocenters. The summed E-state index contributed by atoms with van der Waals surface area (Å²) in [5.74, 6) is 0.0974. The minimum absolute atomic E-state index is 0.275. The normalized spacial score (nSPS) is 12.3. The number of methoxy groups -OCH3 is 1. The van der Waals surface area contributed by atoms with Crippen molar-refractivity contribution in [2.24, 2.45) is 0 Å². The van der Waals surface area contributed by atoms with Gasteiger partial charge in [0.2, 0.25) is 15.9 Å². The zero-order valence-corrected chi connectivity index (χ0v) is 18.5. The SMILES string of the molecule is CC[C@@H](C(=O)NCCCc1ccccc1)N(c1ccc(OC)c(Cl)c1)S(C)(=O)=O. The number of benzene rings is 2. The van der Waals surface area contributed by atoms with Crippen LogP contribution in [0.1, 0.15) is 25.3 Å². The number of anilines is 1. The number of rotatable bonds is 10. The fourth-order valence-corrected chi connectivity index (χ4v) is 4.57. The maximum absolute atomic E-state index is 12.8. The second kappa shape index (κ2) is 10.5. The van der Waals surface area contributed by atoms with Crippen LogP contribution in [0.4, 0.5) is 5.69 Å². The minimum Gasteiger partial charge on any atom is -0.495 e. The van der Waals surface area contributed by atoms with E-state index >= 15 is 0 Å². The third-order valence-corrected chi connectivity index (χ3v) is 5.98. The highest BCUT2D eigenvalue weighted by molar-refractivity contribution is 7.92. The molecular weight excluding hydrogens is 412 g/mol. The van der Waals surface area contributed by atoms with Crippen LogP contribution in [0, 0.1) is 0 Å². The largest absolute Gasteiger partial charge is 0.495 e. The third kappa shape index (κ3) is 6.37. The number of halogens is 1. The maximum atomic E-state index is 12.8. The summed E-state index contributed by atoms with van der Waals surface area (Å²) in [6.07, 6.45) is 3.00. The van der Waals surface area contributed by atoms with Crippen molar-refractivity contribution in [1.82, 2.24) is 5.32 Å². The number of carbonyl (C=O) groups is 1. The number of sulfonamides is 1. The van der Waals surface area contributed by atoms with Gasteiger partial charge in [0.25, 0.3) is 0 Å². The van der Waals surface area contributed by atoms with E-state index in [-0.39, 0.29) is 10.9 Å². The molecule has 2 aromatic rings. The van der Waals surface area contributed by atoms with Crippen molar-refractivity contribution < 1.29 is 17.9 Å². The van der Waals surface area contributed by atoms with Crippen molar-refractivity contribution in [3.05, 3.63) is 59.1 Å². The molecule has 0 aliphatic heterocycles. The molecule has 0 aliphatic carbocycles. The van der Waals surface area contributed by atoms with Crippen LogP contribution in [0.2, 0.25) is 5.02 Å². The smallest absolute Gasteiger partial charge is 0.243 e. The highest BCUT2D eigenvalue weighted by atomic mass is 35.5. The van der Waals surface area contributed by atoms with Crippen molar-refractivity contribution in [2.75, 3.05) is 24.2 Å². The molecule has 2 aromatic carbocycles. The fraction of sp³-hybridized carbons (Fsp3) is 0.381. The molecule has 8 heteroatoms. The van der Waals surface area contributed by atoms with E-state index in [0.717, 1.165) is 23.4 Å². The van der Waals surface area contributed by atoms with Crippen LogP contribution in [0.25, 0.3) is 0 Å². The van der Waals surface area contributed by atoms with Crippen LogP contribution in [-0.2, 0) is 21.2 Å². The van der Waals surface area contributed by atoms with E-state index in [4.69, 9.17) is 16.3 Å². The summed E-state index contributed by atoms with van der Waals surface area (Å²) in [7, 11) is -2.23. The van der Waals surface area contributed by atoms with Crippen LogP contribution in [0.5, 0.6) is 5.75 Å². The van der Waals surface area contributed by atoms with Gasteiger partial charge in [0.15, 0.2) is 0 Å². The Labute approximate surface area is 177 Å². The maximum Gasteiger partial charge on any atom is 0.243 e. The third-order valence-electron chi connectivity index (χ3n) is 4.50. The van der Waals surface area contributed by atoms with Gasteiger partial charge in [0, 0.05) is 6.54 Å². The molecule has 2 rings (SSSR count). The molecule has 29 heavy (non-hydrogen) atoms. The van der Waals surface area contributed by atoms with E-state index in [0.29, 0.717) is 24.4 Å². The van der Waals surface area contributed by atoms with Crippen LogP contribution >= 0.6 is 11.6 Å². The Balaban J connectivity index is 2.11. The van der Waals surface area contributed by atoms with Gasteiger partial charge in [-0.25, -0.2) is 8.42 Å². The molecule has 6 nitrogen and oxygen atoms in total. The number of carbonyl (C=O) groups excluding carboxylic acids is 1. The number of hydrogen-bond acceptors (Lipinski definition) is 4. The molecule has 0 spiro atoms. The van der Waals surface area contributed by atoms with Crippen LogP contribution < -0.4 is 14.4 Å². The highest BCUT2D eigenvalue weighted by Gasteiger charge is 2.31. The standard InChI is InChI=1S/C21H27ClN2O4S/c1-4-19(21(25)23-14-8-11-16-9-6-5-7-10-16)24(29(3,26)27)17-12-13-20(28-2)18(22)15-17/h5-7,9-10,12-13,15,19H,4,8,11,14H2,1-3H3,(H,23,25)/t19-/m0/s1. The van der Waals surface area contributed by atoms with E-state index in [2.05, 4.69) is 5.32 Å². The van der Waals surface area contributed by atoms with Crippen molar-refractivity contribution >= 4 is 33.2 Å². The Hall–Kier alpha value is -2.25. The van der Waals surface area contributed by atoms with E-state index in [1.54, 1.807) is 19.1 Å². The Morgan fingerprint density at radius 2 is 1.90 bits per heavy atom. The van der Waals surface area contributed by atoms with Crippen molar-refractivity contribution in [2.45, 2.75) is 32.2 Å². The summed E-state index contributed by atoms with van der Waals surface area (Å²) in [4.78, 5) is 12.8. The van der Waals surface area contributed by atoms with Crippen molar-refractivity contribution in [1.29, 1.82) is 0 Å². The van der Waals surface area contributed by atoms with Crippen molar-refractivity contribution in [3.63, 3.8) is 0 Å². The second-order valence-corrected chi connectivity index (χ2v) is 8.95. The molecule has 0 aromatic heterocycles. The lowest BCUT2D eigenvalue weighted by molar-refractivity contribution is -0.122. The molecule has 0 saturated heterocycles. The van der Waals surface area contributed by atoms with Crippen LogP contribution in [0.3, 0.4) is 0 Å². The molecule has 0 aliphatic rings. The van der Waals surface area contributed by atoms with Gasteiger partial charge in [-0.05, 0) is 43.0 Å². The lowest BCUT2D eigenvalue weighted by Gasteiger charge is -2.30. The molecular formula is C21H27ClN2O4S. The summed E-state index contributed by atoms with van der Waals surface area (Å²) in [5, 5.41) is 3.14. The first-order chi connectivity index (χ1) is 13.8. The van der Waals surface area contributed by atoms with Gasteiger partial charge in [0.05, 0.1) is 24.1 Å². The Morgan fingerprint density at radius 1 is 1.21 bits per heavy atom. The van der Waals surface area contributed by atoms with Crippen LogP contribution in [-0.4, -0.2) is 40.3 Å². The zero-order chi connectivity index (χ0) is 21.4. The Morgan fingerprint density at radius 3 is 2.45 bits per heavy atom. The molecule has 1 atom stereocenters. The number of nitrogens with one attached hydrogen (secondary N) is 1. The first-order valence-electron chi connectivity index (χ1n) is 9.42. The first kappa shape index (κ1) is 23.0. The van der Waals surface area contributed by atoms with Gasteiger partial charge in [-0.15, -0.1) is 0 Å². The van der Waals surface area contributed by atoms with Gasteiger partial charge in [0.1, 0.15) is 11.8 Å². The summed E-state index contributed by atoms with van der Waals surface area (Å²) in [6, 6.07) is 13.8. The molecule has 0 heterocycles. The number of ether oxygens (including phenoxy) is 1. The predicted molar refractivity (Wildman–Crippen MR) is 117 cm³/mol. The zero-order valence-electron chi connectivity index (χ0n) is 16.9. The molecule has 0 saturated carbocycles. The first-order valence-corrected chi connectivity index (χ1v) is 11.6. The quantitative estimate of drug-likeness (QED) is 0.574. The monoisotopic (exact) mass is 438 g/mol.